The molecule has 5 heteroatoms. The Morgan fingerprint density at radius 1 is 1.33 bits per heavy atom. The molecule has 3 nitrogen and oxygen atoms in total. The van der Waals surface area contributed by atoms with Crippen LogP contribution in [0.3, 0.4) is 0 Å². The Morgan fingerprint density at radius 2 is 2.00 bits per heavy atom. The largest absolute Gasteiger partial charge is 0.338 e. The molecule has 0 aliphatic heterocycles. The quantitative estimate of drug-likeness (QED) is 0.781. The van der Waals surface area contributed by atoms with E-state index in [0.29, 0.717) is 12.2 Å². The van der Waals surface area contributed by atoms with Gasteiger partial charge in [0.25, 0.3) is 0 Å². The molecule has 1 heterocycles. The lowest BCUT2D eigenvalue weighted by atomic mass is 10.1. The van der Waals surface area contributed by atoms with Crippen LogP contribution in [0.1, 0.15) is 22.6 Å². The highest BCUT2D eigenvalue weighted by Gasteiger charge is 2.17. The van der Waals surface area contributed by atoms with Gasteiger partial charge < -0.3 is 4.57 Å². The van der Waals surface area contributed by atoms with Gasteiger partial charge in [-0.3, -0.25) is 4.79 Å². The van der Waals surface area contributed by atoms with Gasteiger partial charge in [0.15, 0.2) is 5.78 Å². The van der Waals surface area contributed by atoms with Gasteiger partial charge in [0.1, 0.15) is 17.5 Å². The van der Waals surface area contributed by atoms with Gasteiger partial charge in [0.05, 0.1) is 5.56 Å². The zero-order valence-electron chi connectivity index (χ0n) is 9.86. The van der Waals surface area contributed by atoms with Crippen molar-refractivity contribution in [3.8, 4) is 0 Å². The molecule has 0 unspecified atom stereocenters. The fourth-order valence-electron chi connectivity index (χ4n) is 1.75. The molecule has 0 spiro atoms. The van der Waals surface area contributed by atoms with Crippen molar-refractivity contribution in [1.29, 1.82) is 0 Å². The molecule has 0 saturated carbocycles. The summed E-state index contributed by atoms with van der Waals surface area (Å²) in [6.07, 6.45) is 3.76. The standard InChI is InChI=1S/C13H12F2N2O/c1-17-8-7-16-12(17)6-5-11(18)13-9(14)3-2-4-10(13)15/h2-4,7-8H,5-6H2,1H3. The maximum Gasteiger partial charge on any atom is 0.169 e. The molecule has 0 bridgehead atoms. The summed E-state index contributed by atoms with van der Waals surface area (Å²) in [6.45, 7) is 0. The van der Waals surface area contributed by atoms with Crippen molar-refractivity contribution in [3.05, 3.63) is 53.6 Å². The first kappa shape index (κ1) is 12.4. The number of hydrogen-bond donors (Lipinski definition) is 0. The maximum atomic E-state index is 13.4. The predicted octanol–water partition coefficient (Wildman–Crippen LogP) is 2.51. The molecular formula is C13H12F2N2O. The molecule has 1 aromatic heterocycles. The number of halogens is 2. The van der Waals surface area contributed by atoms with Crippen molar-refractivity contribution in [1.82, 2.24) is 9.55 Å². The zero-order valence-corrected chi connectivity index (χ0v) is 9.86. The van der Waals surface area contributed by atoms with Crippen LogP contribution in [0.2, 0.25) is 0 Å². The Labute approximate surface area is 103 Å². The monoisotopic (exact) mass is 250 g/mol. The van der Waals surface area contributed by atoms with Crippen LogP contribution in [-0.2, 0) is 13.5 Å². The van der Waals surface area contributed by atoms with Crippen LogP contribution < -0.4 is 0 Å². The number of benzene rings is 1. The van der Waals surface area contributed by atoms with Crippen LogP contribution in [0.25, 0.3) is 0 Å². The lowest BCUT2D eigenvalue weighted by Gasteiger charge is -2.04. The van der Waals surface area contributed by atoms with Gasteiger partial charge >= 0.3 is 0 Å². The first-order valence-electron chi connectivity index (χ1n) is 5.53. The number of hydrogen-bond acceptors (Lipinski definition) is 2. The van der Waals surface area contributed by atoms with E-state index in [0.717, 1.165) is 12.1 Å². The number of rotatable bonds is 4. The topological polar surface area (TPSA) is 34.9 Å². The Balaban J connectivity index is 2.11. The number of carbonyl (C=O) groups excluding carboxylic acids is 1. The normalized spacial score (nSPS) is 10.6. The number of ketones is 1. The SMILES string of the molecule is Cn1ccnc1CCC(=O)c1c(F)cccc1F. The number of imidazole rings is 1. The third kappa shape index (κ3) is 2.45. The molecule has 94 valence electrons. The summed E-state index contributed by atoms with van der Waals surface area (Å²) in [7, 11) is 1.80. The van der Waals surface area contributed by atoms with Gasteiger partial charge in [0.2, 0.25) is 0 Å². The third-order valence-corrected chi connectivity index (χ3v) is 2.74. The number of Topliss-reactive ketones (excluding diaryl/α,β-unsaturated/α-hetero) is 1. The molecule has 0 N–H and O–H groups in total. The minimum Gasteiger partial charge on any atom is -0.338 e. The molecule has 1 aromatic carbocycles. The minimum atomic E-state index is -0.820. The van der Waals surface area contributed by atoms with E-state index in [2.05, 4.69) is 4.98 Å². The molecule has 0 fully saturated rings. The molecule has 0 saturated heterocycles. The van der Waals surface area contributed by atoms with Crippen molar-refractivity contribution in [2.75, 3.05) is 0 Å². The van der Waals surface area contributed by atoms with Crippen molar-refractivity contribution >= 4 is 5.78 Å². The summed E-state index contributed by atoms with van der Waals surface area (Å²) in [5.74, 6) is -1.48. The lowest BCUT2D eigenvalue weighted by molar-refractivity contribution is 0.0974. The van der Waals surface area contributed by atoms with Crippen LogP contribution in [0.4, 0.5) is 8.78 Å². The lowest BCUT2D eigenvalue weighted by Crippen LogP contribution is -2.08. The molecule has 0 amide bonds. The minimum absolute atomic E-state index is 0.0305. The number of nitrogens with zero attached hydrogens (tertiary/aromatic N) is 2. The van der Waals surface area contributed by atoms with Crippen molar-refractivity contribution in [2.24, 2.45) is 7.05 Å². The van der Waals surface area contributed by atoms with E-state index < -0.39 is 23.0 Å². The van der Waals surface area contributed by atoms with Crippen LogP contribution >= 0.6 is 0 Å². The van der Waals surface area contributed by atoms with E-state index in [1.807, 2.05) is 0 Å². The fourth-order valence-corrected chi connectivity index (χ4v) is 1.75. The third-order valence-electron chi connectivity index (χ3n) is 2.74. The van der Waals surface area contributed by atoms with Gasteiger partial charge in [-0.05, 0) is 12.1 Å². The van der Waals surface area contributed by atoms with E-state index in [4.69, 9.17) is 0 Å². The molecule has 0 atom stereocenters. The van der Waals surface area contributed by atoms with Gasteiger partial charge in [-0.25, -0.2) is 13.8 Å². The highest BCUT2D eigenvalue weighted by atomic mass is 19.1. The highest BCUT2D eigenvalue weighted by Crippen LogP contribution is 2.15. The average molecular weight is 250 g/mol. The molecular weight excluding hydrogens is 238 g/mol. The summed E-state index contributed by atoms with van der Waals surface area (Å²) in [5, 5.41) is 0. The summed E-state index contributed by atoms with van der Waals surface area (Å²) < 4.78 is 28.5. The highest BCUT2D eigenvalue weighted by molar-refractivity contribution is 5.96. The second-order valence-electron chi connectivity index (χ2n) is 3.97. The van der Waals surface area contributed by atoms with Gasteiger partial charge in [-0.2, -0.15) is 0 Å². The summed E-state index contributed by atoms with van der Waals surface area (Å²) in [6, 6.07) is 3.40. The van der Waals surface area contributed by atoms with E-state index >= 15 is 0 Å². The molecule has 2 rings (SSSR count). The van der Waals surface area contributed by atoms with Crippen LogP contribution in [0.5, 0.6) is 0 Å². The number of aryl methyl sites for hydroxylation is 2. The van der Waals surface area contributed by atoms with E-state index in [1.54, 1.807) is 24.0 Å². The zero-order chi connectivity index (χ0) is 13.1. The van der Waals surface area contributed by atoms with E-state index in [-0.39, 0.29) is 6.42 Å². The van der Waals surface area contributed by atoms with Crippen LogP contribution in [-0.4, -0.2) is 15.3 Å². The summed E-state index contributed by atoms with van der Waals surface area (Å²) in [4.78, 5) is 15.8. The molecule has 2 aromatic rings. The Bertz CT molecular complexity index is 558. The van der Waals surface area contributed by atoms with Crippen molar-refractivity contribution in [3.63, 3.8) is 0 Å². The molecule has 18 heavy (non-hydrogen) atoms. The molecule has 0 aliphatic rings. The average Bonchev–Trinajstić information content (AvgIpc) is 2.72. The van der Waals surface area contributed by atoms with Gasteiger partial charge in [-0.15, -0.1) is 0 Å². The number of aromatic nitrogens is 2. The van der Waals surface area contributed by atoms with Gasteiger partial charge in [0, 0.05) is 32.3 Å². The molecule has 0 aliphatic carbocycles. The Hall–Kier alpha value is -2.04. The fraction of sp³-hybridized carbons (Fsp3) is 0.231. The van der Waals surface area contributed by atoms with Crippen LogP contribution in [0, 0.1) is 11.6 Å². The van der Waals surface area contributed by atoms with Crippen molar-refractivity contribution < 1.29 is 13.6 Å². The first-order valence-corrected chi connectivity index (χ1v) is 5.53. The molecule has 0 radical (unpaired) electrons. The van der Waals surface area contributed by atoms with Gasteiger partial charge in [-0.1, -0.05) is 6.07 Å². The predicted molar refractivity (Wildman–Crippen MR) is 62.2 cm³/mol. The first-order chi connectivity index (χ1) is 8.59. The second-order valence-corrected chi connectivity index (χ2v) is 3.97. The van der Waals surface area contributed by atoms with E-state index in [1.165, 1.54) is 6.07 Å². The number of carbonyl (C=O) groups is 1. The van der Waals surface area contributed by atoms with E-state index in [9.17, 15) is 13.6 Å². The summed E-state index contributed by atoms with van der Waals surface area (Å²) >= 11 is 0. The van der Waals surface area contributed by atoms with Crippen LogP contribution in [0.15, 0.2) is 30.6 Å². The Kier molecular flexibility index (Phi) is 3.50. The Morgan fingerprint density at radius 3 is 2.56 bits per heavy atom. The second kappa shape index (κ2) is 5.08. The maximum absolute atomic E-state index is 13.4. The smallest absolute Gasteiger partial charge is 0.169 e. The van der Waals surface area contributed by atoms with Crippen molar-refractivity contribution in [2.45, 2.75) is 12.8 Å². The summed E-state index contributed by atoms with van der Waals surface area (Å²) in [5.41, 5.74) is -0.466.